The average molecular weight is 359 g/mol. The highest BCUT2D eigenvalue weighted by Gasteiger charge is 2.23. The van der Waals surface area contributed by atoms with Crippen LogP contribution in [0.1, 0.15) is 28.7 Å². The van der Waals surface area contributed by atoms with Crippen LogP contribution in [-0.2, 0) is 10.0 Å². The summed E-state index contributed by atoms with van der Waals surface area (Å²) in [6.45, 7) is 4.87. The van der Waals surface area contributed by atoms with E-state index in [0.29, 0.717) is 22.7 Å². The van der Waals surface area contributed by atoms with Crippen molar-refractivity contribution in [3.8, 4) is 11.5 Å². The number of hydrogen-bond acceptors (Lipinski definition) is 5. The Morgan fingerprint density at radius 3 is 2.40 bits per heavy atom. The summed E-state index contributed by atoms with van der Waals surface area (Å²) in [5.41, 5.74) is 2.26. The molecule has 0 unspecified atom stereocenters. The van der Waals surface area contributed by atoms with Crippen LogP contribution in [0.25, 0.3) is 11.5 Å². The average Bonchev–Trinajstić information content (AvgIpc) is 3.13. The van der Waals surface area contributed by atoms with Gasteiger partial charge in [0.1, 0.15) is 16.3 Å². The van der Waals surface area contributed by atoms with Gasteiger partial charge in [0.2, 0.25) is 0 Å². The van der Waals surface area contributed by atoms with Gasteiger partial charge in [0, 0.05) is 23.0 Å². The number of carbonyl (C=O) groups excluding carboxylic acids is 1. The van der Waals surface area contributed by atoms with E-state index in [4.69, 9.17) is 4.42 Å². The van der Waals surface area contributed by atoms with Crippen molar-refractivity contribution in [2.24, 2.45) is 0 Å². The Labute approximate surface area is 145 Å². The molecule has 0 aliphatic heterocycles. The summed E-state index contributed by atoms with van der Waals surface area (Å²) in [7, 11) is -3.82. The molecule has 2 heterocycles. The molecule has 3 rings (SSSR count). The van der Waals surface area contributed by atoms with Crippen LogP contribution in [0.5, 0.6) is 0 Å². The third-order valence-corrected chi connectivity index (χ3v) is 5.15. The van der Waals surface area contributed by atoms with E-state index in [1.807, 2.05) is 6.92 Å². The van der Waals surface area contributed by atoms with Crippen molar-refractivity contribution in [3.05, 3.63) is 53.4 Å². The molecular formula is C17H17N3O4S. The number of Topliss-reactive ketones (excluding diaryl/α,β-unsaturated/α-hetero) is 1. The van der Waals surface area contributed by atoms with Crippen molar-refractivity contribution < 1.29 is 17.6 Å². The van der Waals surface area contributed by atoms with E-state index >= 15 is 0 Å². The molecule has 7 nitrogen and oxygen atoms in total. The zero-order chi connectivity index (χ0) is 18.2. The minimum absolute atomic E-state index is 0.0406. The topological polar surface area (TPSA) is 105 Å². The van der Waals surface area contributed by atoms with Gasteiger partial charge in [0.05, 0.1) is 0 Å². The molecule has 2 aromatic heterocycles. The molecule has 130 valence electrons. The predicted molar refractivity (Wildman–Crippen MR) is 93.0 cm³/mol. The van der Waals surface area contributed by atoms with Gasteiger partial charge in [0.25, 0.3) is 10.0 Å². The van der Waals surface area contributed by atoms with Gasteiger partial charge in [0.15, 0.2) is 11.5 Å². The number of aromatic amines is 1. The minimum atomic E-state index is -3.82. The number of aryl methyl sites for hydroxylation is 2. The highest BCUT2D eigenvalue weighted by Crippen LogP contribution is 2.28. The SMILES string of the molecule is CC(=O)c1ccc(NS(=O)(=O)c2cc(-c3cc(C)[nH]n3)oc2C)cc1. The Balaban J connectivity index is 1.89. The van der Waals surface area contributed by atoms with Gasteiger partial charge < -0.3 is 4.42 Å². The highest BCUT2D eigenvalue weighted by molar-refractivity contribution is 7.92. The Hall–Kier alpha value is -2.87. The van der Waals surface area contributed by atoms with Crippen LogP contribution in [-0.4, -0.2) is 24.4 Å². The lowest BCUT2D eigenvalue weighted by atomic mass is 10.1. The first-order valence-corrected chi connectivity index (χ1v) is 9.01. The van der Waals surface area contributed by atoms with E-state index in [0.717, 1.165) is 5.69 Å². The molecule has 0 fully saturated rings. The molecule has 0 radical (unpaired) electrons. The van der Waals surface area contributed by atoms with Gasteiger partial charge in [-0.05, 0) is 51.1 Å². The minimum Gasteiger partial charge on any atom is -0.458 e. The smallest absolute Gasteiger partial charge is 0.265 e. The van der Waals surface area contributed by atoms with Crippen LogP contribution in [0.4, 0.5) is 5.69 Å². The summed E-state index contributed by atoms with van der Waals surface area (Å²) in [4.78, 5) is 11.3. The number of ketones is 1. The Morgan fingerprint density at radius 1 is 1.16 bits per heavy atom. The molecule has 3 aromatic rings. The second kappa shape index (κ2) is 6.21. The van der Waals surface area contributed by atoms with E-state index in [9.17, 15) is 13.2 Å². The van der Waals surface area contributed by atoms with E-state index in [1.165, 1.54) is 13.0 Å². The number of benzene rings is 1. The standard InChI is InChI=1S/C17H17N3O4S/c1-10-8-15(19-18-10)16-9-17(12(3)24-16)25(22,23)20-14-6-4-13(5-7-14)11(2)21/h4-9,20H,1-3H3,(H,18,19). The summed E-state index contributed by atoms with van der Waals surface area (Å²) >= 11 is 0. The van der Waals surface area contributed by atoms with E-state index in [1.54, 1.807) is 37.3 Å². The molecule has 0 aliphatic rings. The quantitative estimate of drug-likeness (QED) is 0.680. The molecule has 0 bridgehead atoms. The van der Waals surface area contributed by atoms with Crippen molar-refractivity contribution in [3.63, 3.8) is 0 Å². The van der Waals surface area contributed by atoms with Crippen molar-refractivity contribution in [1.82, 2.24) is 10.2 Å². The maximum atomic E-state index is 12.6. The highest BCUT2D eigenvalue weighted by atomic mass is 32.2. The van der Waals surface area contributed by atoms with Gasteiger partial charge in [-0.15, -0.1) is 0 Å². The van der Waals surface area contributed by atoms with E-state index in [-0.39, 0.29) is 16.4 Å². The maximum absolute atomic E-state index is 12.6. The first kappa shape index (κ1) is 17.0. The molecule has 2 N–H and O–H groups in total. The largest absolute Gasteiger partial charge is 0.458 e. The molecular weight excluding hydrogens is 342 g/mol. The van der Waals surface area contributed by atoms with Gasteiger partial charge in [-0.25, -0.2) is 8.42 Å². The fraction of sp³-hybridized carbons (Fsp3) is 0.176. The van der Waals surface area contributed by atoms with Crippen LogP contribution in [0.2, 0.25) is 0 Å². The van der Waals surface area contributed by atoms with Crippen LogP contribution in [0.3, 0.4) is 0 Å². The number of nitrogens with one attached hydrogen (secondary N) is 2. The Morgan fingerprint density at radius 2 is 1.84 bits per heavy atom. The predicted octanol–water partition coefficient (Wildman–Crippen LogP) is 3.29. The third kappa shape index (κ3) is 3.48. The van der Waals surface area contributed by atoms with Gasteiger partial charge in [-0.2, -0.15) is 5.10 Å². The van der Waals surface area contributed by atoms with Crippen molar-refractivity contribution in [2.45, 2.75) is 25.7 Å². The van der Waals surface area contributed by atoms with Gasteiger partial charge in [-0.3, -0.25) is 14.6 Å². The van der Waals surface area contributed by atoms with Crippen LogP contribution >= 0.6 is 0 Å². The first-order valence-electron chi connectivity index (χ1n) is 7.53. The summed E-state index contributed by atoms with van der Waals surface area (Å²) in [6.07, 6.45) is 0. The molecule has 0 aliphatic carbocycles. The third-order valence-electron chi connectivity index (χ3n) is 3.66. The van der Waals surface area contributed by atoms with Crippen molar-refractivity contribution in [2.75, 3.05) is 4.72 Å². The lowest BCUT2D eigenvalue weighted by Gasteiger charge is -2.07. The van der Waals surface area contributed by atoms with E-state index in [2.05, 4.69) is 14.9 Å². The first-order chi connectivity index (χ1) is 11.8. The molecule has 0 saturated heterocycles. The maximum Gasteiger partial charge on any atom is 0.265 e. The van der Waals surface area contributed by atoms with Crippen LogP contribution in [0.15, 0.2) is 45.7 Å². The number of hydrogen-bond donors (Lipinski definition) is 2. The van der Waals surface area contributed by atoms with Crippen LogP contribution < -0.4 is 4.72 Å². The molecule has 0 amide bonds. The van der Waals surface area contributed by atoms with Crippen molar-refractivity contribution >= 4 is 21.5 Å². The number of anilines is 1. The summed E-state index contributed by atoms with van der Waals surface area (Å²) in [5.74, 6) is 0.552. The lowest BCUT2D eigenvalue weighted by molar-refractivity contribution is 0.101. The summed E-state index contributed by atoms with van der Waals surface area (Å²) in [5, 5.41) is 6.85. The number of rotatable bonds is 5. The summed E-state index contributed by atoms with van der Waals surface area (Å²) < 4.78 is 33.3. The second-order valence-corrected chi connectivity index (χ2v) is 7.36. The number of aromatic nitrogens is 2. The van der Waals surface area contributed by atoms with E-state index < -0.39 is 10.0 Å². The number of H-pyrrole nitrogens is 1. The molecule has 1 aromatic carbocycles. The molecule has 0 saturated carbocycles. The number of nitrogens with zero attached hydrogens (tertiary/aromatic N) is 1. The van der Waals surface area contributed by atoms with Gasteiger partial charge >= 0.3 is 0 Å². The molecule has 0 atom stereocenters. The molecule has 0 spiro atoms. The fourth-order valence-corrected chi connectivity index (χ4v) is 3.62. The lowest BCUT2D eigenvalue weighted by Crippen LogP contribution is -2.13. The van der Waals surface area contributed by atoms with Crippen LogP contribution in [0, 0.1) is 13.8 Å². The second-order valence-electron chi connectivity index (χ2n) is 5.71. The zero-order valence-electron chi connectivity index (χ0n) is 14.0. The molecule has 25 heavy (non-hydrogen) atoms. The number of carbonyl (C=O) groups is 1. The van der Waals surface area contributed by atoms with Crippen molar-refractivity contribution in [1.29, 1.82) is 0 Å². The Kier molecular flexibility index (Phi) is 4.22. The van der Waals surface area contributed by atoms with Gasteiger partial charge in [-0.1, -0.05) is 0 Å². The fourth-order valence-electron chi connectivity index (χ4n) is 2.39. The summed E-state index contributed by atoms with van der Waals surface area (Å²) in [6, 6.07) is 9.43. The number of sulfonamides is 1. The molecule has 8 heteroatoms. The monoisotopic (exact) mass is 359 g/mol. The number of furan rings is 1. The zero-order valence-corrected chi connectivity index (χ0v) is 14.8. The Bertz CT molecular complexity index is 1030. The normalized spacial score (nSPS) is 11.5.